The first-order valence-electron chi connectivity index (χ1n) is 3.98. The van der Waals surface area contributed by atoms with Crippen LogP contribution in [0.3, 0.4) is 0 Å². The van der Waals surface area contributed by atoms with Gasteiger partial charge in [0.25, 0.3) is 5.97 Å². The molecule has 0 radical (unpaired) electrons. The molecule has 0 aliphatic carbocycles. The third kappa shape index (κ3) is 34.5. The van der Waals surface area contributed by atoms with Crippen LogP contribution in [0.25, 0.3) is 0 Å². The summed E-state index contributed by atoms with van der Waals surface area (Å²) in [6.07, 6.45) is 3.21. The molecule has 0 amide bonds. The van der Waals surface area contributed by atoms with Gasteiger partial charge in [-0.05, 0) is 12.8 Å². The van der Waals surface area contributed by atoms with E-state index in [-0.39, 0.29) is 0 Å². The molecule has 0 rings (SSSR count). The Hall–Kier alpha value is -0.580. The summed E-state index contributed by atoms with van der Waals surface area (Å²) in [5.74, 6) is -1.52. The van der Waals surface area contributed by atoms with Crippen molar-refractivity contribution in [2.24, 2.45) is 0 Å². The maximum Gasteiger partial charge on any atom is 0.303 e. The topological polar surface area (TPSA) is 74.6 Å². The second kappa shape index (κ2) is 11.4. The molecule has 4 nitrogen and oxygen atoms in total. The molecule has 0 bridgehead atoms. The molecule has 0 heterocycles. The highest BCUT2D eigenvalue weighted by Gasteiger charge is 1.94. The lowest BCUT2D eigenvalue weighted by atomic mass is 10.2. The predicted molar refractivity (Wildman–Crippen MR) is 53.2 cm³/mol. The van der Waals surface area contributed by atoms with E-state index in [1.54, 1.807) is 0 Å². The van der Waals surface area contributed by atoms with Crippen LogP contribution in [-0.2, 0) is 9.59 Å². The molecule has 13 heavy (non-hydrogen) atoms. The molecule has 0 aliphatic heterocycles. The fourth-order valence-corrected chi connectivity index (χ4v) is 0.944. The van der Waals surface area contributed by atoms with E-state index in [1.165, 1.54) is 0 Å². The molecule has 0 aromatic rings. The highest BCUT2D eigenvalue weighted by atomic mass is 79.9. The zero-order chi connectivity index (χ0) is 10.7. The van der Waals surface area contributed by atoms with Crippen molar-refractivity contribution in [2.75, 3.05) is 5.33 Å². The molecular formula is C8H15BrO4. The number of alkyl halides is 1. The zero-order valence-electron chi connectivity index (χ0n) is 7.62. The molecule has 0 saturated carbocycles. The standard InChI is InChI=1S/C6H11BrO2.C2H4O2/c7-5-3-1-2-4-6(8)9;1-2(3)4/h1-5H2,(H,8,9);1H3,(H,3,4). The van der Waals surface area contributed by atoms with Crippen LogP contribution in [-0.4, -0.2) is 27.5 Å². The fraction of sp³-hybridized carbons (Fsp3) is 0.750. The normalized spacial score (nSPS) is 8.46. The van der Waals surface area contributed by atoms with Gasteiger partial charge in [0.2, 0.25) is 0 Å². The number of halogens is 1. The molecule has 0 atom stereocenters. The summed E-state index contributed by atoms with van der Waals surface area (Å²) in [6, 6.07) is 0. The third-order valence-corrected chi connectivity index (χ3v) is 1.59. The van der Waals surface area contributed by atoms with Gasteiger partial charge in [-0.15, -0.1) is 0 Å². The highest BCUT2D eigenvalue weighted by molar-refractivity contribution is 9.09. The summed E-state index contributed by atoms with van der Waals surface area (Å²) in [6.45, 7) is 1.08. The summed E-state index contributed by atoms with van der Waals surface area (Å²) < 4.78 is 0. The molecule has 0 aromatic carbocycles. The fourth-order valence-electron chi connectivity index (χ4n) is 0.547. The van der Waals surface area contributed by atoms with Gasteiger partial charge < -0.3 is 10.2 Å². The highest BCUT2D eigenvalue weighted by Crippen LogP contribution is 2.01. The maximum atomic E-state index is 9.95. The Labute approximate surface area is 86.1 Å². The van der Waals surface area contributed by atoms with E-state index in [9.17, 15) is 4.79 Å². The minimum Gasteiger partial charge on any atom is -0.481 e. The Balaban J connectivity index is 0. The molecule has 0 spiro atoms. The Morgan fingerprint density at radius 1 is 1.15 bits per heavy atom. The van der Waals surface area contributed by atoms with Crippen LogP contribution in [0.5, 0.6) is 0 Å². The average molecular weight is 255 g/mol. The first-order valence-corrected chi connectivity index (χ1v) is 5.10. The number of carbonyl (C=O) groups is 2. The molecule has 5 heteroatoms. The number of carboxylic acid groups (broad SMARTS) is 2. The van der Waals surface area contributed by atoms with E-state index in [4.69, 9.17) is 15.0 Å². The predicted octanol–water partition coefficient (Wildman–Crippen LogP) is 2.12. The summed E-state index contributed by atoms with van der Waals surface area (Å²) in [5, 5.41) is 16.6. The van der Waals surface area contributed by atoms with E-state index >= 15 is 0 Å². The van der Waals surface area contributed by atoms with Crippen LogP contribution in [0.15, 0.2) is 0 Å². The number of carboxylic acids is 2. The molecule has 2 N–H and O–H groups in total. The first kappa shape index (κ1) is 14.9. The van der Waals surface area contributed by atoms with Crippen molar-refractivity contribution < 1.29 is 19.8 Å². The minimum atomic E-state index is -0.833. The lowest BCUT2D eigenvalue weighted by Gasteiger charge is -1.92. The second-order valence-corrected chi connectivity index (χ2v) is 3.21. The molecular weight excluding hydrogens is 240 g/mol. The van der Waals surface area contributed by atoms with Crippen LogP contribution in [0.1, 0.15) is 32.6 Å². The van der Waals surface area contributed by atoms with Crippen LogP contribution in [0.2, 0.25) is 0 Å². The van der Waals surface area contributed by atoms with Crippen molar-refractivity contribution in [2.45, 2.75) is 32.6 Å². The van der Waals surface area contributed by atoms with Gasteiger partial charge in [-0.3, -0.25) is 9.59 Å². The monoisotopic (exact) mass is 254 g/mol. The summed E-state index contributed by atoms with van der Waals surface area (Å²) in [5.41, 5.74) is 0. The molecule has 0 unspecified atom stereocenters. The third-order valence-electron chi connectivity index (χ3n) is 1.02. The minimum absolute atomic E-state index is 0.312. The number of rotatable bonds is 5. The number of unbranched alkanes of at least 4 members (excludes halogenated alkanes) is 2. The summed E-state index contributed by atoms with van der Waals surface area (Å²) >= 11 is 3.27. The van der Waals surface area contributed by atoms with Crippen molar-refractivity contribution >= 4 is 27.9 Å². The van der Waals surface area contributed by atoms with Crippen LogP contribution >= 0.6 is 15.9 Å². The van der Waals surface area contributed by atoms with E-state index < -0.39 is 11.9 Å². The van der Waals surface area contributed by atoms with Gasteiger partial charge >= 0.3 is 5.97 Å². The van der Waals surface area contributed by atoms with E-state index in [2.05, 4.69) is 15.9 Å². The van der Waals surface area contributed by atoms with Crippen LogP contribution in [0, 0.1) is 0 Å². The van der Waals surface area contributed by atoms with Gasteiger partial charge in [0.05, 0.1) is 0 Å². The van der Waals surface area contributed by atoms with Gasteiger partial charge in [0.1, 0.15) is 0 Å². The first-order chi connectivity index (χ1) is 6.00. The summed E-state index contributed by atoms with van der Waals surface area (Å²) in [4.78, 5) is 19.0. The van der Waals surface area contributed by atoms with Crippen molar-refractivity contribution in [3.05, 3.63) is 0 Å². The van der Waals surface area contributed by atoms with Crippen molar-refractivity contribution in [3.63, 3.8) is 0 Å². The molecule has 0 aromatic heterocycles. The second-order valence-electron chi connectivity index (χ2n) is 2.41. The van der Waals surface area contributed by atoms with Crippen LogP contribution < -0.4 is 0 Å². The largest absolute Gasteiger partial charge is 0.481 e. The van der Waals surface area contributed by atoms with Gasteiger partial charge in [0.15, 0.2) is 0 Å². The van der Waals surface area contributed by atoms with E-state index in [0.29, 0.717) is 6.42 Å². The molecule has 0 fully saturated rings. The average Bonchev–Trinajstić information content (AvgIpc) is 1.97. The Morgan fingerprint density at radius 2 is 1.62 bits per heavy atom. The van der Waals surface area contributed by atoms with Gasteiger partial charge in [-0.2, -0.15) is 0 Å². The Morgan fingerprint density at radius 3 is 1.92 bits per heavy atom. The lowest BCUT2D eigenvalue weighted by Crippen LogP contribution is -1.93. The molecule has 0 saturated heterocycles. The maximum absolute atomic E-state index is 9.95. The lowest BCUT2D eigenvalue weighted by molar-refractivity contribution is -0.137. The van der Waals surface area contributed by atoms with E-state index in [0.717, 1.165) is 31.5 Å². The molecule has 78 valence electrons. The quantitative estimate of drug-likeness (QED) is 0.582. The number of hydrogen-bond donors (Lipinski definition) is 2. The smallest absolute Gasteiger partial charge is 0.303 e. The van der Waals surface area contributed by atoms with Crippen molar-refractivity contribution in [1.29, 1.82) is 0 Å². The van der Waals surface area contributed by atoms with Gasteiger partial charge in [0, 0.05) is 18.7 Å². The van der Waals surface area contributed by atoms with E-state index in [1.807, 2.05) is 0 Å². The Kier molecular flexibility index (Phi) is 13.1. The van der Waals surface area contributed by atoms with Crippen molar-refractivity contribution in [3.8, 4) is 0 Å². The van der Waals surface area contributed by atoms with Gasteiger partial charge in [-0.1, -0.05) is 22.4 Å². The zero-order valence-corrected chi connectivity index (χ0v) is 9.21. The Bertz CT molecular complexity index is 143. The van der Waals surface area contributed by atoms with Gasteiger partial charge in [-0.25, -0.2) is 0 Å². The number of hydrogen-bond acceptors (Lipinski definition) is 2. The summed E-state index contributed by atoms with van der Waals surface area (Å²) in [7, 11) is 0. The van der Waals surface area contributed by atoms with Crippen molar-refractivity contribution in [1.82, 2.24) is 0 Å². The number of aliphatic carboxylic acids is 2. The van der Waals surface area contributed by atoms with Crippen LogP contribution in [0.4, 0.5) is 0 Å². The SMILES string of the molecule is CC(=O)O.O=C(O)CCCCCBr. The molecule has 0 aliphatic rings.